The Bertz CT molecular complexity index is 258. The van der Waals surface area contributed by atoms with Crippen LogP contribution in [0.3, 0.4) is 0 Å². The molecule has 1 saturated heterocycles. The highest BCUT2D eigenvalue weighted by Gasteiger charge is 2.35. The number of likely N-dealkylation sites (tertiary alicyclic amines) is 1. The van der Waals surface area contributed by atoms with Gasteiger partial charge in [-0.2, -0.15) is 0 Å². The Morgan fingerprint density at radius 3 is 2.55 bits per heavy atom. The van der Waals surface area contributed by atoms with Gasteiger partial charge in [0.1, 0.15) is 0 Å². The van der Waals surface area contributed by atoms with Crippen LogP contribution in [0.4, 0.5) is 0 Å². The van der Waals surface area contributed by atoms with Crippen molar-refractivity contribution in [3.05, 3.63) is 0 Å². The molecular weight excluding hydrogens is 244 g/mol. The van der Waals surface area contributed by atoms with Crippen molar-refractivity contribution in [3.8, 4) is 0 Å². The molecule has 0 spiro atoms. The minimum Gasteiger partial charge on any atom is -0.316 e. The number of nitrogens with one attached hydrogen (secondary N) is 1. The lowest BCUT2D eigenvalue weighted by Gasteiger charge is -2.45. The minimum absolute atomic E-state index is 0.582. The van der Waals surface area contributed by atoms with Crippen molar-refractivity contribution in [1.82, 2.24) is 10.2 Å². The van der Waals surface area contributed by atoms with Crippen LogP contribution in [0, 0.1) is 5.41 Å². The molecule has 1 aliphatic carbocycles. The minimum atomic E-state index is 0.582. The molecule has 1 heterocycles. The molecule has 0 aromatic heterocycles. The first-order chi connectivity index (χ1) is 9.79. The lowest BCUT2D eigenvalue weighted by atomic mass is 9.73. The summed E-state index contributed by atoms with van der Waals surface area (Å²) in [6.45, 7) is 9.83. The van der Waals surface area contributed by atoms with Gasteiger partial charge in [0.05, 0.1) is 0 Å². The number of piperidine rings is 1. The zero-order valence-corrected chi connectivity index (χ0v) is 13.9. The van der Waals surface area contributed by atoms with E-state index in [0.29, 0.717) is 5.41 Å². The lowest BCUT2D eigenvalue weighted by molar-refractivity contribution is 0.0535. The van der Waals surface area contributed by atoms with E-state index in [-0.39, 0.29) is 0 Å². The monoisotopic (exact) mass is 280 g/mol. The van der Waals surface area contributed by atoms with Crippen LogP contribution in [0.15, 0.2) is 0 Å². The van der Waals surface area contributed by atoms with Crippen molar-refractivity contribution in [2.75, 3.05) is 26.2 Å². The summed E-state index contributed by atoms with van der Waals surface area (Å²) in [5.74, 6) is 0. The molecule has 0 amide bonds. The molecule has 0 aromatic rings. The fourth-order valence-electron chi connectivity index (χ4n) is 4.38. The van der Waals surface area contributed by atoms with Gasteiger partial charge < -0.3 is 5.32 Å². The first-order valence-corrected chi connectivity index (χ1v) is 9.24. The van der Waals surface area contributed by atoms with E-state index in [4.69, 9.17) is 0 Å². The largest absolute Gasteiger partial charge is 0.316 e. The SMILES string of the molecule is CCCNCC1(CN2CCCCC2CC)CCCCC1. The molecule has 1 atom stereocenters. The van der Waals surface area contributed by atoms with Gasteiger partial charge in [-0.15, -0.1) is 0 Å². The summed E-state index contributed by atoms with van der Waals surface area (Å²) in [6.07, 6.45) is 14.2. The van der Waals surface area contributed by atoms with Gasteiger partial charge >= 0.3 is 0 Å². The maximum Gasteiger partial charge on any atom is 0.00928 e. The molecule has 1 unspecified atom stereocenters. The Balaban J connectivity index is 1.94. The fraction of sp³-hybridized carbons (Fsp3) is 1.00. The number of rotatable bonds is 7. The van der Waals surface area contributed by atoms with Gasteiger partial charge in [0.15, 0.2) is 0 Å². The second-order valence-corrected chi connectivity index (χ2v) is 7.27. The van der Waals surface area contributed by atoms with Gasteiger partial charge in [-0.3, -0.25) is 4.90 Å². The van der Waals surface area contributed by atoms with Crippen LogP contribution in [0.1, 0.15) is 78.1 Å². The van der Waals surface area contributed by atoms with E-state index in [9.17, 15) is 0 Å². The predicted octanol–water partition coefficient (Wildman–Crippen LogP) is 4.20. The predicted molar refractivity (Wildman–Crippen MR) is 88.2 cm³/mol. The molecule has 0 aromatic carbocycles. The smallest absolute Gasteiger partial charge is 0.00928 e. The van der Waals surface area contributed by atoms with Crippen molar-refractivity contribution in [2.45, 2.75) is 84.1 Å². The summed E-state index contributed by atoms with van der Waals surface area (Å²) >= 11 is 0. The maximum atomic E-state index is 3.74. The van der Waals surface area contributed by atoms with E-state index in [1.54, 1.807) is 0 Å². The average molecular weight is 280 g/mol. The molecule has 2 rings (SSSR count). The van der Waals surface area contributed by atoms with Crippen LogP contribution in [-0.4, -0.2) is 37.1 Å². The normalized spacial score (nSPS) is 27.6. The second-order valence-electron chi connectivity index (χ2n) is 7.27. The first kappa shape index (κ1) is 16.3. The van der Waals surface area contributed by atoms with Gasteiger partial charge in [-0.1, -0.05) is 39.5 Å². The van der Waals surface area contributed by atoms with Crippen molar-refractivity contribution in [1.29, 1.82) is 0 Å². The average Bonchev–Trinajstić information content (AvgIpc) is 2.49. The highest BCUT2D eigenvalue weighted by Crippen LogP contribution is 2.38. The highest BCUT2D eigenvalue weighted by molar-refractivity contribution is 4.90. The molecule has 2 fully saturated rings. The Kier molecular flexibility index (Phi) is 6.83. The zero-order chi connectivity index (χ0) is 14.3. The molecule has 1 N–H and O–H groups in total. The van der Waals surface area contributed by atoms with Crippen LogP contribution >= 0.6 is 0 Å². The van der Waals surface area contributed by atoms with Gasteiger partial charge in [-0.05, 0) is 57.0 Å². The lowest BCUT2D eigenvalue weighted by Crippen LogP contribution is -2.50. The van der Waals surface area contributed by atoms with Crippen LogP contribution in [-0.2, 0) is 0 Å². The van der Waals surface area contributed by atoms with E-state index in [2.05, 4.69) is 24.1 Å². The van der Waals surface area contributed by atoms with Gasteiger partial charge in [0.2, 0.25) is 0 Å². The van der Waals surface area contributed by atoms with Gasteiger partial charge in [0.25, 0.3) is 0 Å². The van der Waals surface area contributed by atoms with Crippen molar-refractivity contribution < 1.29 is 0 Å². The molecule has 2 heteroatoms. The molecule has 118 valence electrons. The third kappa shape index (κ3) is 4.46. The topological polar surface area (TPSA) is 15.3 Å². The zero-order valence-electron chi connectivity index (χ0n) is 13.9. The molecule has 2 nitrogen and oxygen atoms in total. The quantitative estimate of drug-likeness (QED) is 0.703. The standard InChI is InChI=1S/C18H36N2/c1-3-13-19-15-18(11-7-5-8-12-18)16-20-14-9-6-10-17(20)4-2/h17,19H,3-16H2,1-2H3. The fourth-order valence-corrected chi connectivity index (χ4v) is 4.38. The third-order valence-electron chi connectivity index (χ3n) is 5.60. The van der Waals surface area contributed by atoms with E-state index < -0.39 is 0 Å². The van der Waals surface area contributed by atoms with Crippen molar-refractivity contribution >= 4 is 0 Å². The van der Waals surface area contributed by atoms with Crippen LogP contribution in [0.5, 0.6) is 0 Å². The second kappa shape index (κ2) is 8.38. The molecule has 1 aliphatic heterocycles. The van der Waals surface area contributed by atoms with E-state index in [0.717, 1.165) is 6.04 Å². The molecule has 20 heavy (non-hydrogen) atoms. The Morgan fingerprint density at radius 1 is 1.05 bits per heavy atom. The summed E-state index contributed by atoms with van der Waals surface area (Å²) in [7, 11) is 0. The molecular formula is C18H36N2. The van der Waals surface area contributed by atoms with Gasteiger partial charge in [-0.25, -0.2) is 0 Å². The summed E-state index contributed by atoms with van der Waals surface area (Å²) in [6, 6.07) is 0.869. The Hall–Kier alpha value is -0.0800. The summed E-state index contributed by atoms with van der Waals surface area (Å²) in [4.78, 5) is 2.85. The summed E-state index contributed by atoms with van der Waals surface area (Å²) < 4.78 is 0. The van der Waals surface area contributed by atoms with Crippen molar-refractivity contribution in [3.63, 3.8) is 0 Å². The number of hydrogen-bond donors (Lipinski definition) is 1. The molecule has 0 radical (unpaired) electrons. The highest BCUT2D eigenvalue weighted by atomic mass is 15.2. The number of nitrogens with zero attached hydrogens (tertiary/aromatic N) is 1. The molecule has 2 aliphatic rings. The molecule has 0 bridgehead atoms. The summed E-state index contributed by atoms with van der Waals surface area (Å²) in [5.41, 5.74) is 0.582. The van der Waals surface area contributed by atoms with Gasteiger partial charge in [0, 0.05) is 19.1 Å². The van der Waals surface area contributed by atoms with Crippen LogP contribution < -0.4 is 5.32 Å². The maximum absolute atomic E-state index is 3.74. The summed E-state index contributed by atoms with van der Waals surface area (Å²) in [5, 5.41) is 3.74. The van der Waals surface area contributed by atoms with Crippen LogP contribution in [0.2, 0.25) is 0 Å². The third-order valence-corrected chi connectivity index (χ3v) is 5.60. The Morgan fingerprint density at radius 2 is 1.85 bits per heavy atom. The van der Waals surface area contributed by atoms with Crippen LogP contribution in [0.25, 0.3) is 0 Å². The van der Waals surface area contributed by atoms with E-state index in [1.807, 2.05) is 0 Å². The Labute approximate surface area is 126 Å². The van der Waals surface area contributed by atoms with Crippen molar-refractivity contribution in [2.24, 2.45) is 5.41 Å². The van der Waals surface area contributed by atoms with E-state index >= 15 is 0 Å². The molecule has 1 saturated carbocycles. The van der Waals surface area contributed by atoms with E-state index in [1.165, 1.54) is 90.4 Å². The number of hydrogen-bond acceptors (Lipinski definition) is 2. The first-order valence-electron chi connectivity index (χ1n) is 9.24.